The average molecular weight is 393 g/mol. The summed E-state index contributed by atoms with van der Waals surface area (Å²) in [5.74, 6) is 3.13. The molecule has 0 radical (unpaired) electrons. The van der Waals surface area contributed by atoms with Crippen molar-refractivity contribution in [3.8, 4) is 0 Å². The fourth-order valence-corrected chi connectivity index (χ4v) is 3.61. The summed E-state index contributed by atoms with van der Waals surface area (Å²) < 4.78 is 7.73. The molecule has 1 aliphatic rings. The van der Waals surface area contributed by atoms with E-state index in [2.05, 4.69) is 59.7 Å². The lowest BCUT2D eigenvalue weighted by Crippen LogP contribution is -2.51. The van der Waals surface area contributed by atoms with Gasteiger partial charge in [0, 0.05) is 51.2 Å². The van der Waals surface area contributed by atoms with Gasteiger partial charge in [-0.1, -0.05) is 27.7 Å². The van der Waals surface area contributed by atoms with E-state index >= 15 is 0 Å². The van der Waals surface area contributed by atoms with Crippen LogP contribution in [0.3, 0.4) is 0 Å². The maximum Gasteiger partial charge on any atom is 0.191 e. The minimum absolute atomic E-state index is 0.496. The number of nitrogens with zero attached hydrogens (tertiary/aromatic N) is 4. The van der Waals surface area contributed by atoms with Crippen molar-refractivity contribution in [3.63, 3.8) is 0 Å². The first-order chi connectivity index (χ1) is 13.5. The topological polar surface area (TPSA) is 66.7 Å². The van der Waals surface area contributed by atoms with Gasteiger partial charge in [-0.2, -0.15) is 0 Å². The van der Waals surface area contributed by atoms with Crippen LogP contribution in [-0.4, -0.2) is 65.8 Å². The van der Waals surface area contributed by atoms with Crippen LogP contribution in [0.4, 0.5) is 0 Å². The van der Waals surface area contributed by atoms with Crippen LogP contribution in [0, 0.1) is 11.8 Å². The van der Waals surface area contributed by atoms with E-state index in [-0.39, 0.29) is 0 Å². The summed E-state index contributed by atoms with van der Waals surface area (Å²) in [5.41, 5.74) is 0. The molecule has 0 spiro atoms. The highest BCUT2D eigenvalue weighted by Crippen LogP contribution is 2.13. The van der Waals surface area contributed by atoms with Crippen molar-refractivity contribution >= 4 is 5.96 Å². The summed E-state index contributed by atoms with van der Waals surface area (Å²) in [6, 6.07) is 0.496. The van der Waals surface area contributed by atoms with Gasteiger partial charge in [0.25, 0.3) is 0 Å². The molecule has 1 unspecified atom stereocenters. The van der Waals surface area contributed by atoms with Crippen LogP contribution in [0.2, 0.25) is 0 Å². The summed E-state index contributed by atoms with van der Waals surface area (Å²) >= 11 is 0. The van der Waals surface area contributed by atoms with E-state index in [4.69, 9.17) is 9.73 Å². The highest BCUT2D eigenvalue weighted by atomic mass is 16.5. The Labute approximate surface area is 171 Å². The normalized spacial score (nSPS) is 17.3. The molecule has 0 saturated carbocycles. The second-order valence-electron chi connectivity index (χ2n) is 8.40. The van der Waals surface area contributed by atoms with Crippen LogP contribution in [0.1, 0.15) is 46.9 Å². The molecule has 28 heavy (non-hydrogen) atoms. The minimum atomic E-state index is 0.496. The number of imidazole rings is 1. The van der Waals surface area contributed by atoms with E-state index in [1.807, 2.05) is 12.4 Å². The van der Waals surface area contributed by atoms with Crippen LogP contribution in [0.25, 0.3) is 0 Å². The number of guanidine groups is 1. The van der Waals surface area contributed by atoms with Crippen LogP contribution in [-0.2, 0) is 17.8 Å². The van der Waals surface area contributed by atoms with Crippen molar-refractivity contribution in [2.75, 3.05) is 39.4 Å². The number of morpholine rings is 1. The third kappa shape index (κ3) is 7.80. The van der Waals surface area contributed by atoms with E-state index in [0.29, 0.717) is 24.4 Å². The lowest BCUT2D eigenvalue weighted by Gasteiger charge is -2.35. The van der Waals surface area contributed by atoms with Crippen molar-refractivity contribution in [1.29, 1.82) is 0 Å². The number of aliphatic imine (C=N–C) groups is 1. The maximum absolute atomic E-state index is 5.53. The molecule has 2 rings (SSSR count). The van der Waals surface area contributed by atoms with Gasteiger partial charge >= 0.3 is 0 Å². The zero-order chi connectivity index (χ0) is 20.4. The summed E-state index contributed by atoms with van der Waals surface area (Å²) in [7, 11) is 0. The number of nitrogens with one attached hydrogen (secondary N) is 2. The third-order valence-electron chi connectivity index (χ3n) is 4.90. The van der Waals surface area contributed by atoms with E-state index in [9.17, 15) is 0 Å². The second kappa shape index (κ2) is 12.1. The van der Waals surface area contributed by atoms with Crippen molar-refractivity contribution < 1.29 is 4.74 Å². The molecule has 160 valence electrons. The Kier molecular flexibility index (Phi) is 9.78. The van der Waals surface area contributed by atoms with Crippen LogP contribution in [0.5, 0.6) is 0 Å². The molecule has 1 saturated heterocycles. The molecule has 1 aromatic rings. The number of hydrogen-bond donors (Lipinski definition) is 2. The molecule has 1 aliphatic heterocycles. The van der Waals surface area contributed by atoms with Gasteiger partial charge in [0.1, 0.15) is 12.4 Å². The molecule has 0 amide bonds. The Morgan fingerprint density at radius 2 is 1.93 bits per heavy atom. The van der Waals surface area contributed by atoms with E-state index < -0.39 is 0 Å². The average Bonchev–Trinajstić information content (AvgIpc) is 3.09. The second-order valence-corrected chi connectivity index (χ2v) is 8.40. The van der Waals surface area contributed by atoms with Crippen LogP contribution < -0.4 is 10.6 Å². The van der Waals surface area contributed by atoms with Crippen molar-refractivity contribution in [2.45, 2.75) is 60.2 Å². The minimum Gasteiger partial charge on any atom is -0.379 e. The predicted molar refractivity (Wildman–Crippen MR) is 116 cm³/mol. The van der Waals surface area contributed by atoms with Gasteiger partial charge in [-0.15, -0.1) is 0 Å². The number of rotatable bonds is 10. The molecule has 1 atom stereocenters. The summed E-state index contributed by atoms with van der Waals surface area (Å²) in [4.78, 5) is 11.8. The number of hydrogen-bond acceptors (Lipinski definition) is 4. The quantitative estimate of drug-likeness (QED) is 0.473. The molecular weight excluding hydrogens is 352 g/mol. The first-order valence-electron chi connectivity index (χ1n) is 10.8. The van der Waals surface area contributed by atoms with Gasteiger partial charge in [0.2, 0.25) is 0 Å². The zero-order valence-electron chi connectivity index (χ0n) is 18.4. The molecule has 0 aliphatic carbocycles. The first-order valence-corrected chi connectivity index (χ1v) is 10.8. The van der Waals surface area contributed by atoms with Crippen molar-refractivity contribution in [3.05, 3.63) is 18.2 Å². The highest BCUT2D eigenvalue weighted by Gasteiger charge is 2.22. The molecule has 1 fully saturated rings. The Morgan fingerprint density at radius 3 is 2.57 bits per heavy atom. The largest absolute Gasteiger partial charge is 0.379 e. The molecule has 2 N–H and O–H groups in total. The zero-order valence-corrected chi connectivity index (χ0v) is 18.4. The van der Waals surface area contributed by atoms with Crippen molar-refractivity contribution in [2.24, 2.45) is 16.8 Å². The summed E-state index contributed by atoms with van der Waals surface area (Å²) in [5, 5.41) is 6.94. The van der Waals surface area contributed by atoms with Crippen molar-refractivity contribution in [1.82, 2.24) is 25.1 Å². The Morgan fingerprint density at radius 1 is 1.18 bits per heavy atom. The fraction of sp³-hybridized carbons (Fsp3) is 0.810. The van der Waals surface area contributed by atoms with Gasteiger partial charge < -0.3 is 19.9 Å². The third-order valence-corrected chi connectivity index (χ3v) is 4.90. The standard InChI is InChI=1S/C21H40N6O/c1-6-22-21(25-15-20-23-7-8-27(20)16-18(4)5)24-14-19(13-17(2)3)26-9-11-28-12-10-26/h7-8,17-19H,6,9-16H2,1-5H3,(H2,22,24,25). The fourth-order valence-electron chi connectivity index (χ4n) is 3.61. The van der Waals surface area contributed by atoms with Crippen LogP contribution in [0.15, 0.2) is 17.4 Å². The summed E-state index contributed by atoms with van der Waals surface area (Å²) in [6.45, 7) is 18.1. The molecule has 0 aromatic carbocycles. The van der Waals surface area contributed by atoms with E-state index in [1.54, 1.807) is 0 Å². The van der Waals surface area contributed by atoms with E-state index in [0.717, 1.165) is 57.7 Å². The SMILES string of the molecule is CCNC(=NCc1nccn1CC(C)C)NCC(CC(C)C)N1CCOCC1. The highest BCUT2D eigenvalue weighted by molar-refractivity contribution is 5.79. The lowest BCUT2D eigenvalue weighted by atomic mass is 10.0. The molecule has 7 heteroatoms. The molecule has 2 heterocycles. The molecular formula is C21H40N6O. The van der Waals surface area contributed by atoms with Gasteiger partial charge in [0.05, 0.1) is 13.2 Å². The predicted octanol–water partition coefficient (Wildman–Crippen LogP) is 2.34. The molecule has 7 nitrogen and oxygen atoms in total. The number of aromatic nitrogens is 2. The first kappa shape index (κ1) is 22.7. The molecule has 1 aromatic heterocycles. The Bertz CT molecular complexity index is 577. The van der Waals surface area contributed by atoms with E-state index in [1.165, 1.54) is 6.42 Å². The smallest absolute Gasteiger partial charge is 0.191 e. The van der Waals surface area contributed by atoms with Gasteiger partial charge in [0.15, 0.2) is 5.96 Å². The van der Waals surface area contributed by atoms with Gasteiger partial charge in [-0.3, -0.25) is 4.90 Å². The number of ether oxygens (including phenoxy) is 1. The van der Waals surface area contributed by atoms with Gasteiger partial charge in [-0.05, 0) is 25.2 Å². The monoisotopic (exact) mass is 392 g/mol. The van der Waals surface area contributed by atoms with Crippen LogP contribution >= 0.6 is 0 Å². The summed E-state index contributed by atoms with van der Waals surface area (Å²) in [6.07, 6.45) is 5.08. The Hall–Kier alpha value is -1.60. The lowest BCUT2D eigenvalue weighted by molar-refractivity contribution is 0.0132. The molecule has 0 bridgehead atoms. The van der Waals surface area contributed by atoms with Gasteiger partial charge in [-0.25, -0.2) is 9.98 Å². The maximum atomic E-state index is 5.53. The Balaban J connectivity index is 1.97.